The van der Waals surface area contributed by atoms with Crippen molar-refractivity contribution in [3.63, 3.8) is 0 Å². The molecule has 3 rings (SSSR count). The Balaban J connectivity index is 2.38. The summed E-state index contributed by atoms with van der Waals surface area (Å²) in [5, 5.41) is 4.57. The Labute approximate surface area is 102 Å². The number of nitrogens with zero attached hydrogens (tertiary/aromatic N) is 5. The van der Waals surface area contributed by atoms with E-state index in [1.54, 1.807) is 31.6 Å². The van der Waals surface area contributed by atoms with Crippen LogP contribution in [0.3, 0.4) is 0 Å². The number of pyridine rings is 1. The Morgan fingerprint density at radius 1 is 1.28 bits per heavy atom. The van der Waals surface area contributed by atoms with Gasteiger partial charge in [-0.25, -0.2) is 14.6 Å². The van der Waals surface area contributed by atoms with Crippen LogP contribution in [-0.4, -0.2) is 24.3 Å². The number of fused-ring (bicyclic) bond motifs is 1. The molecule has 0 bridgehead atoms. The zero-order valence-electron chi connectivity index (χ0n) is 9.61. The van der Waals surface area contributed by atoms with Crippen molar-refractivity contribution in [2.24, 2.45) is 7.05 Å². The number of rotatable bonds is 1. The molecule has 0 aliphatic rings. The highest BCUT2D eigenvalue weighted by Gasteiger charge is 2.10. The lowest BCUT2D eigenvalue weighted by molar-refractivity contribution is 0.827. The molecule has 0 aliphatic heterocycles. The smallest absolute Gasteiger partial charge is 0.261 e. The van der Waals surface area contributed by atoms with E-state index >= 15 is 0 Å². The van der Waals surface area contributed by atoms with Crippen LogP contribution in [0.2, 0.25) is 0 Å². The Bertz CT molecular complexity index is 788. The highest BCUT2D eigenvalue weighted by Crippen LogP contribution is 2.14. The Morgan fingerprint density at radius 3 is 2.83 bits per heavy atom. The minimum Gasteiger partial charge on any atom is -0.382 e. The van der Waals surface area contributed by atoms with E-state index in [0.717, 1.165) is 0 Å². The molecule has 7 nitrogen and oxygen atoms in total. The highest BCUT2D eigenvalue weighted by molar-refractivity contribution is 5.83. The van der Waals surface area contributed by atoms with Crippen LogP contribution in [0, 0.1) is 0 Å². The summed E-state index contributed by atoms with van der Waals surface area (Å²) >= 11 is 0. The molecule has 0 aliphatic carbocycles. The maximum absolute atomic E-state index is 12.0. The van der Waals surface area contributed by atoms with Crippen molar-refractivity contribution in [1.29, 1.82) is 0 Å². The Hall–Kier alpha value is -2.70. The molecule has 3 aromatic heterocycles. The van der Waals surface area contributed by atoms with E-state index in [2.05, 4.69) is 15.1 Å². The molecule has 0 aromatic carbocycles. The lowest BCUT2D eigenvalue weighted by atomic mass is 10.3. The minimum absolute atomic E-state index is 0.122. The molecule has 0 saturated heterocycles. The second-order valence-electron chi connectivity index (χ2n) is 3.88. The summed E-state index contributed by atoms with van der Waals surface area (Å²) in [6.45, 7) is 0. The number of nitrogen functional groups attached to an aromatic ring is 1. The van der Waals surface area contributed by atoms with Gasteiger partial charge >= 0.3 is 0 Å². The van der Waals surface area contributed by atoms with Crippen LogP contribution >= 0.6 is 0 Å². The van der Waals surface area contributed by atoms with Gasteiger partial charge in [-0.3, -0.25) is 4.79 Å². The van der Waals surface area contributed by atoms with Crippen LogP contribution in [0.4, 0.5) is 5.82 Å². The van der Waals surface area contributed by atoms with E-state index in [9.17, 15) is 4.79 Å². The molecule has 0 saturated carbocycles. The molecule has 0 atom stereocenters. The van der Waals surface area contributed by atoms with Gasteiger partial charge in [0.25, 0.3) is 5.56 Å². The lowest BCUT2D eigenvalue weighted by Crippen LogP contribution is -2.18. The minimum atomic E-state index is -0.122. The molecule has 0 radical (unpaired) electrons. The first-order valence-electron chi connectivity index (χ1n) is 5.28. The molecule has 0 unspecified atom stereocenters. The van der Waals surface area contributed by atoms with E-state index < -0.39 is 0 Å². The first-order valence-corrected chi connectivity index (χ1v) is 5.28. The number of nitrogens with two attached hydrogens (primary N) is 1. The molecular formula is C11H10N6O. The second kappa shape index (κ2) is 3.66. The Kier molecular flexibility index (Phi) is 2.12. The molecule has 0 fully saturated rings. The SMILES string of the molecule is Cn1cnc2c(-n3ccc(N)n3)nccc2c1=O. The van der Waals surface area contributed by atoms with Gasteiger partial charge in [0.05, 0.1) is 11.7 Å². The predicted molar refractivity (Wildman–Crippen MR) is 66.3 cm³/mol. The van der Waals surface area contributed by atoms with Crippen LogP contribution in [0.25, 0.3) is 16.7 Å². The first-order chi connectivity index (χ1) is 8.66. The van der Waals surface area contributed by atoms with Crippen LogP contribution in [0.5, 0.6) is 0 Å². The van der Waals surface area contributed by atoms with E-state index in [4.69, 9.17) is 5.73 Å². The summed E-state index contributed by atoms with van der Waals surface area (Å²) in [6.07, 6.45) is 4.69. The monoisotopic (exact) mass is 242 g/mol. The van der Waals surface area contributed by atoms with Crippen molar-refractivity contribution < 1.29 is 0 Å². The molecule has 7 heteroatoms. The standard InChI is InChI=1S/C11H10N6O/c1-16-6-14-9-7(11(16)18)2-4-13-10(9)17-5-3-8(12)15-17/h2-6H,1H3,(H2,12,15). The summed E-state index contributed by atoms with van der Waals surface area (Å²) in [4.78, 5) is 20.4. The summed E-state index contributed by atoms with van der Waals surface area (Å²) < 4.78 is 2.92. The number of anilines is 1. The van der Waals surface area contributed by atoms with Gasteiger partial charge in [-0.1, -0.05) is 0 Å². The first kappa shape index (κ1) is 10.5. The fraction of sp³-hybridized carbons (Fsp3) is 0.0909. The summed E-state index contributed by atoms with van der Waals surface area (Å²) in [7, 11) is 1.65. The third-order valence-corrected chi connectivity index (χ3v) is 2.64. The third-order valence-electron chi connectivity index (χ3n) is 2.64. The van der Waals surface area contributed by atoms with E-state index in [-0.39, 0.29) is 5.56 Å². The van der Waals surface area contributed by atoms with E-state index in [1.165, 1.54) is 15.6 Å². The zero-order chi connectivity index (χ0) is 12.7. The zero-order valence-corrected chi connectivity index (χ0v) is 9.61. The summed E-state index contributed by atoms with van der Waals surface area (Å²) in [6, 6.07) is 3.29. The van der Waals surface area contributed by atoms with Gasteiger partial charge in [-0.15, -0.1) is 5.10 Å². The van der Waals surface area contributed by atoms with Crippen molar-refractivity contribution in [3.8, 4) is 5.82 Å². The number of hydrogen-bond acceptors (Lipinski definition) is 5. The maximum atomic E-state index is 12.0. The summed E-state index contributed by atoms with van der Waals surface area (Å²) in [5.74, 6) is 0.875. The van der Waals surface area contributed by atoms with Crippen molar-refractivity contribution in [3.05, 3.63) is 41.2 Å². The number of aryl methyl sites for hydroxylation is 1. The van der Waals surface area contributed by atoms with Gasteiger partial charge < -0.3 is 10.3 Å². The maximum Gasteiger partial charge on any atom is 0.261 e. The molecule has 3 heterocycles. The molecule has 2 N–H and O–H groups in total. The van der Waals surface area contributed by atoms with Gasteiger partial charge in [-0.05, 0) is 6.07 Å². The third kappa shape index (κ3) is 1.45. The predicted octanol–water partition coefficient (Wildman–Crippen LogP) is 0.0964. The fourth-order valence-electron chi connectivity index (χ4n) is 1.75. The van der Waals surface area contributed by atoms with E-state index in [0.29, 0.717) is 22.5 Å². The average Bonchev–Trinajstić information content (AvgIpc) is 2.80. The second-order valence-corrected chi connectivity index (χ2v) is 3.88. The van der Waals surface area contributed by atoms with Gasteiger partial charge in [0.1, 0.15) is 11.3 Å². The van der Waals surface area contributed by atoms with Crippen molar-refractivity contribution in [1.82, 2.24) is 24.3 Å². The van der Waals surface area contributed by atoms with Crippen molar-refractivity contribution in [2.45, 2.75) is 0 Å². The molecule has 90 valence electrons. The molecule has 18 heavy (non-hydrogen) atoms. The quantitative estimate of drug-likeness (QED) is 0.653. The van der Waals surface area contributed by atoms with Gasteiger partial charge in [0.15, 0.2) is 5.82 Å². The van der Waals surface area contributed by atoms with E-state index in [1.807, 2.05) is 0 Å². The number of aromatic nitrogens is 5. The van der Waals surface area contributed by atoms with Crippen LogP contribution in [0.1, 0.15) is 0 Å². The van der Waals surface area contributed by atoms with Gasteiger partial charge in [0.2, 0.25) is 0 Å². The molecule has 3 aromatic rings. The largest absolute Gasteiger partial charge is 0.382 e. The average molecular weight is 242 g/mol. The lowest BCUT2D eigenvalue weighted by Gasteiger charge is -2.05. The van der Waals surface area contributed by atoms with Crippen molar-refractivity contribution >= 4 is 16.7 Å². The van der Waals surface area contributed by atoms with Gasteiger partial charge in [-0.2, -0.15) is 0 Å². The van der Waals surface area contributed by atoms with Crippen molar-refractivity contribution in [2.75, 3.05) is 5.73 Å². The molecular weight excluding hydrogens is 232 g/mol. The van der Waals surface area contributed by atoms with Crippen LogP contribution < -0.4 is 11.3 Å². The topological polar surface area (TPSA) is 91.6 Å². The normalized spacial score (nSPS) is 10.9. The molecule has 0 amide bonds. The highest BCUT2D eigenvalue weighted by atomic mass is 16.1. The Morgan fingerprint density at radius 2 is 2.11 bits per heavy atom. The van der Waals surface area contributed by atoms with Crippen LogP contribution in [-0.2, 0) is 7.05 Å². The van der Waals surface area contributed by atoms with Crippen LogP contribution in [0.15, 0.2) is 35.6 Å². The van der Waals surface area contributed by atoms with Gasteiger partial charge in [0, 0.05) is 25.5 Å². The fourth-order valence-corrected chi connectivity index (χ4v) is 1.75. The number of hydrogen-bond donors (Lipinski definition) is 1. The molecule has 0 spiro atoms. The summed E-state index contributed by atoms with van der Waals surface area (Å²) in [5.41, 5.74) is 5.95.